The average molecular weight is 359 g/mol. The standard InChI is InChI=1S/C20H38O5/c1-2-3-4-5-6-7-8-9-10-11-12-13-14-24-18-16-25-20(19(18)23)17(22)15-21/h12-13,17-23H,2-11,14-16H2,1H3/b13-12+/t17-,18+,19+,20+/m1/s1. The van der Waals surface area contributed by atoms with Crippen molar-refractivity contribution >= 4 is 0 Å². The Morgan fingerprint density at radius 1 is 1.04 bits per heavy atom. The molecule has 0 aromatic carbocycles. The van der Waals surface area contributed by atoms with E-state index in [9.17, 15) is 10.2 Å². The van der Waals surface area contributed by atoms with Crippen LogP contribution in [0.2, 0.25) is 0 Å². The van der Waals surface area contributed by atoms with Crippen molar-refractivity contribution in [1.82, 2.24) is 0 Å². The van der Waals surface area contributed by atoms with Crippen LogP contribution in [-0.2, 0) is 9.47 Å². The van der Waals surface area contributed by atoms with Crippen LogP contribution in [0, 0.1) is 0 Å². The zero-order chi connectivity index (χ0) is 18.3. The van der Waals surface area contributed by atoms with Gasteiger partial charge in [-0.25, -0.2) is 0 Å². The Morgan fingerprint density at radius 2 is 1.68 bits per heavy atom. The first-order valence-electron chi connectivity index (χ1n) is 10.1. The molecule has 0 aromatic rings. The molecule has 0 bridgehead atoms. The highest BCUT2D eigenvalue weighted by Gasteiger charge is 2.40. The maximum atomic E-state index is 10.00. The van der Waals surface area contributed by atoms with E-state index >= 15 is 0 Å². The lowest BCUT2D eigenvalue weighted by atomic mass is 10.1. The van der Waals surface area contributed by atoms with Crippen LogP contribution in [0.1, 0.15) is 71.1 Å². The number of allylic oxidation sites excluding steroid dienone is 1. The number of rotatable bonds is 15. The molecule has 1 heterocycles. The second-order valence-electron chi connectivity index (χ2n) is 7.00. The van der Waals surface area contributed by atoms with Crippen molar-refractivity contribution in [2.24, 2.45) is 0 Å². The van der Waals surface area contributed by atoms with Crippen LogP contribution in [0.5, 0.6) is 0 Å². The summed E-state index contributed by atoms with van der Waals surface area (Å²) in [6.45, 7) is 2.51. The SMILES string of the molecule is CCCCCCCCCCC/C=C/CO[C@H]1CO[C@@H]([C@H](O)CO)[C@H]1O. The molecule has 4 atom stereocenters. The first-order valence-corrected chi connectivity index (χ1v) is 10.1. The Hall–Kier alpha value is -0.460. The summed E-state index contributed by atoms with van der Waals surface area (Å²) in [7, 11) is 0. The highest BCUT2D eigenvalue weighted by Crippen LogP contribution is 2.20. The number of ether oxygens (including phenoxy) is 2. The molecule has 1 fully saturated rings. The van der Waals surface area contributed by atoms with Crippen LogP contribution in [0.3, 0.4) is 0 Å². The van der Waals surface area contributed by atoms with Crippen molar-refractivity contribution in [3.05, 3.63) is 12.2 Å². The number of aliphatic hydroxyl groups is 3. The van der Waals surface area contributed by atoms with Gasteiger partial charge in [0.2, 0.25) is 0 Å². The molecule has 1 rings (SSSR count). The maximum Gasteiger partial charge on any atom is 0.114 e. The third-order valence-electron chi connectivity index (χ3n) is 4.78. The van der Waals surface area contributed by atoms with Crippen LogP contribution in [0.25, 0.3) is 0 Å². The maximum absolute atomic E-state index is 10.00. The Balaban J connectivity index is 1.94. The average Bonchev–Trinajstić information content (AvgIpc) is 2.99. The second kappa shape index (κ2) is 14.7. The van der Waals surface area contributed by atoms with Crippen molar-refractivity contribution in [3.63, 3.8) is 0 Å². The highest BCUT2D eigenvalue weighted by molar-refractivity contribution is 4.90. The molecule has 3 N–H and O–H groups in total. The predicted molar refractivity (Wildman–Crippen MR) is 99.6 cm³/mol. The number of hydrogen-bond donors (Lipinski definition) is 3. The summed E-state index contributed by atoms with van der Waals surface area (Å²) in [5.74, 6) is 0. The van der Waals surface area contributed by atoms with Crippen molar-refractivity contribution in [2.45, 2.75) is 95.5 Å². The van der Waals surface area contributed by atoms with Gasteiger partial charge in [0.25, 0.3) is 0 Å². The Bertz CT molecular complexity index is 334. The molecule has 0 saturated carbocycles. The van der Waals surface area contributed by atoms with E-state index < -0.39 is 31.0 Å². The molecule has 5 nitrogen and oxygen atoms in total. The molecular formula is C20H38O5. The van der Waals surface area contributed by atoms with Crippen LogP contribution in [0.15, 0.2) is 12.2 Å². The number of hydrogen-bond acceptors (Lipinski definition) is 5. The summed E-state index contributed by atoms with van der Waals surface area (Å²) in [5, 5.41) is 28.4. The summed E-state index contributed by atoms with van der Waals surface area (Å²) in [6, 6.07) is 0. The molecule has 1 aliphatic heterocycles. The van der Waals surface area contributed by atoms with Crippen molar-refractivity contribution < 1.29 is 24.8 Å². The van der Waals surface area contributed by atoms with Crippen LogP contribution in [-0.4, -0.2) is 59.6 Å². The lowest BCUT2D eigenvalue weighted by Gasteiger charge is -2.20. The van der Waals surface area contributed by atoms with E-state index in [1.807, 2.05) is 6.08 Å². The van der Waals surface area contributed by atoms with Crippen molar-refractivity contribution in [3.8, 4) is 0 Å². The van der Waals surface area contributed by atoms with E-state index in [0.29, 0.717) is 6.61 Å². The van der Waals surface area contributed by atoms with Crippen LogP contribution in [0.4, 0.5) is 0 Å². The topological polar surface area (TPSA) is 79.2 Å². The van der Waals surface area contributed by atoms with Crippen LogP contribution >= 0.6 is 0 Å². The number of unbranched alkanes of at least 4 members (excludes halogenated alkanes) is 9. The number of aliphatic hydroxyl groups excluding tert-OH is 3. The molecule has 0 spiro atoms. The minimum atomic E-state index is -1.06. The fraction of sp³-hybridized carbons (Fsp3) is 0.900. The lowest BCUT2D eigenvalue weighted by Crippen LogP contribution is -2.41. The summed E-state index contributed by atoms with van der Waals surface area (Å²) >= 11 is 0. The van der Waals surface area contributed by atoms with E-state index in [1.54, 1.807) is 0 Å². The van der Waals surface area contributed by atoms with Crippen LogP contribution < -0.4 is 0 Å². The fourth-order valence-corrected chi connectivity index (χ4v) is 3.14. The first-order chi connectivity index (χ1) is 12.2. The molecule has 0 amide bonds. The third-order valence-corrected chi connectivity index (χ3v) is 4.78. The Labute approximate surface area is 153 Å². The Morgan fingerprint density at radius 3 is 2.32 bits per heavy atom. The van der Waals surface area contributed by atoms with Gasteiger partial charge in [-0.3, -0.25) is 0 Å². The summed E-state index contributed by atoms with van der Waals surface area (Å²) < 4.78 is 10.9. The molecule has 0 radical (unpaired) electrons. The van der Waals surface area contributed by atoms with E-state index in [0.717, 1.165) is 6.42 Å². The minimum absolute atomic E-state index is 0.245. The molecule has 0 unspecified atom stereocenters. The van der Waals surface area contributed by atoms with Gasteiger partial charge in [-0.1, -0.05) is 70.4 Å². The molecule has 0 aliphatic carbocycles. The van der Waals surface area contributed by atoms with E-state index in [2.05, 4.69) is 13.0 Å². The zero-order valence-electron chi connectivity index (χ0n) is 15.8. The van der Waals surface area contributed by atoms with Gasteiger partial charge < -0.3 is 24.8 Å². The fourth-order valence-electron chi connectivity index (χ4n) is 3.14. The van der Waals surface area contributed by atoms with Gasteiger partial charge >= 0.3 is 0 Å². The van der Waals surface area contributed by atoms with E-state index in [-0.39, 0.29) is 6.61 Å². The summed E-state index contributed by atoms with van der Waals surface area (Å²) in [6.07, 6.45) is 14.0. The molecule has 0 aromatic heterocycles. The molecule has 25 heavy (non-hydrogen) atoms. The first kappa shape index (κ1) is 22.6. The smallest absolute Gasteiger partial charge is 0.114 e. The quantitative estimate of drug-likeness (QED) is 0.310. The molecule has 1 saturated heterocycles. The van der Waals surface area contributed by atoms with Gasteiger partial charge in [0.05, 0.1) is 19.8 Å². The van der Waals surface area contributed by atoms with Gasteiger partial charge in [0.1, 0.15) is 24.4 Å². The van der Waals surface area contributed by atoms with Crippen molar-refractivity contribution in [1.29, 1.82) is 0 Å². The molecular weight excluding hydrogens is 320 g/mol. The van der Waals surface area contributed by atoms with E-state index in [4.69, 9.17) is 14.6 Å². The summed E-state index contributed by atoms with van der Waals surface area (Å²) in [5.41, 5.74) is 0. The predicted octanol–water partition coefficient (Wildman–Crippen LogP) is 2.96. The van der Waals surface area contributed by atoms with E-state index in [1.165, 1.54) is 57.8 Å². The van der Waals surface area contributed by atoms with Gasteiger partial charge in [0, 0.05) is 0 Å². The van der Waals surface area contributed by atoms with Gasteiger partial charge in [-0.2, -0.15) is 0 Å². The second-order valence-corrected chi connectivity index (χ2v) is 7.00. The Kier molecular flexibility index (Phi) is 13.3. The zero-order valence-corrected chi connectivity index (χ0v) is 15.8. The largest absolute Gasteiger partial charge is 0.394 e. The molecule has 5 heteroatoms. The highest BCUT2D eigenvalue weighted by atomic mass is 16.6. The lowest BCUT2D eigenvalue weighted by molar-refractivity contribution is -0.0716. The molecule has 1 aliphatic rings. The van der Waals surface area contributed by atoms with Gasteiger partial charge in [0.15, 0.2) is 0 Å². The normalized spacial score (nSPS) is 25.0. The van der Waals surface area contributed by atoms with Crippen molar-refractivity contribution in [2.75, 3.05) is 19.8 Å². The van der Waals surface area contributed by atoms with Gasteiger partial charge in [-0.05, 0) is 12.8 Å². The summed E-state index contributed by atoms with van der Waals surface area (Å²) in [4.78, 5) is 0. The monoisotopic (exact) mass is 358 g/mol. The van der Waals surface area contributed by atoms with Gasteiger partial charge in [-0.15, -0.1) is 0 Å². The minimum Gasteiger partial charge on any atom is -0.394 e. The third kappa shape index (κ3) is 9.71. The molecule has 148 valence electrons.